The lowest BCUT2D eigenvalue weighted by atomic mass is 10.2. The first-order chi connectivity index (χ1) is 9.20. The van der Waals surface area contributed by atoms with Crippen LogP contribution in [0.3, 0.4) is 0 Å². The molecule has 2 aromatic rings. The van der Waals surface area contributed by atoms with E-state index in [0.717, 1.165) is 5.56 Å². The number of rotatable bonds is 6. The Morgan fingerprint density at radius 1 is 1.47 bits per heavy atom. The number of aromatic nitrogens is 2. The first kappa shape index (κ1) is 13.4. The minimum absolute atomic E-state index is 0.190. The summed E-state index contributed by atoms with van der Waals surface area (Å²) in [5, 5.41) is 3.46. The highest BCUT2D eigenvalue weighted by atomic mass is 32.1. The number of primary amides is 1. The lowest BCUT2D eigenvalue weighted by Crippen LogP contribution is -2.38. The predicted molar refractivity (Wildman–Crippen MR) is 73.8 cm³/mol. The largest absolute Gasteiger partial charge is 0.382 e. The number of ether oxygens (including phenoxy) is 1. The zero-order valence-corrected chi connectivity index (χ0v) is 11.2. The Hall–Kier alpha value is -1.99. The van der Waals surface area contributed by atoms with Gasteiger partial charge in [-0.05, 0) is 0 Å². The number of nitrogens with two attached hydrogens (primary N) is 1. The van der Waals surface area contributed by atoms with Crippen LogP contribution >= 0.6 is 11.5 Å². The molecule has 0 aliphatic rings. The van der Waals surface area contributed by atoms with Crippen molar-refractivity contribution in [3.8, 4) is 11.4 Å². The van der Waals surface area contributed by atoms with Gasteiger partial charge < -0.3 is 15.8 Å². The van der Waals surface area contributed by atoms with E-state index in [-0.39, 0.29) is 6.61 Å². The molecule has 0 bridgehead atoms. The van der Waals surface area contributed by atoms with E-state index in [1.165, 1.54) is 18.6 Å². The van der Waals surface area contributed by atoms with E-state index >= 15 is 0 Å². The molecule has 0 aliphatic carbocycles. The normalized spacial score (nSPS) is 12.1. The molecule has 3 N–H and O–H groups in total. The fourth-order valence-electron chi connectivity index (χ4n) is 1.50. The molecule has 0 radical (unpaired) electrons. The third kappa shape index (κ3) is 3.49. The van der Waals surface area contributed by atoms with Crippen LogP contribution in [0.4, 0.5) is 5.13 Å². The maximum Gasteiger partial charge on any atom is 0.242 e. The summed E-state index contributed by atoms with van der Waals surface area (Å²) in [6, 6.07) is 9.00. The van der Waals surface area contributed by atoms with Crippen molar-refractivity contribution in [2.75, 3.05) is 19.0 Å². The average Bonchev–Trinajstić information content (AvgIpc) is 2.88. The van der Waals surface area contributed by atoms with Gasteiger partial charge in [-0.3, -0.25) is 4.79 Å². The van der Waals surface area contributed by atoms with Gasteiger partial charge >= 0.3 is 0 Å². The molecule has 1 aromatic heterocycles. The lowest BCUT2D eigenvalue weighted by molar-refractivity contribution is -0.119. The molecule has 0 saturated heterocycles. The zero-order chi connectivity index (χ0) is 13.7. The maximum atomic E-state index is 11.2. The second-order valence-corrected chi connectivity index (χ2v) is 4.60. The van der Waals surface area contributed by atoms with Crippen molar-refractivity contribution in [3.05, 3.63) is 30.3 Å². The van der Waals surface area contributed by atoms with Gasteiger partial charge in [-0.1, -0.05) is 30.3 Å². The summed E-state index contributed by atoms with van der Waals surface area (Å²) in [7, 11) is 1.51. The molecule has 1 atom stereocenters. The van der Waals surface area contributed by atoms with Crippen molar-refractivity contribution in [2.45, 2.75) is 6.04 Å². The van der Waals surface area contributed by atoms with Gasteiger partial charge in [0.2, 0.25) is 11.0 Å². The van der Waals surface area contributed by atoms with E-state index < -0.39 is 11.9 Å². The first-order valence-electron chi connectivity index (χ1n) is 5.64. The number of carbonyl (C=O) groups is 1. The monoisotopic (exact) mass is 278 g/mol. The molecule has 6 nitrogen and oxygen atoms in total. The quantitative estimate of drug-likeness (QED) is 0.826. The van der Waals surface area contributed by atoms with Crippen LogP contribution in [0.5, 0.6) is 0 Å². The van der Waals surface area contributed by atoms with Crippen LogP contribution in [-0.4, -0.2) is 35.0 Å². The molecule has 1 heterocycles. The number of hydrogen-bond donors (Lipinski definition) is 2. The number of carbonyl (C=O) groups excluding carboxylic acids is 1. The number of methoxy groups -OCH3 is 1. The maximum absolute atomic E-state index is 11.2. The number of amides is 1. The molecule has 0 unspecified atom stereocenters. The average molecular weight is 278 g/mol. The van der Waals surface area contributed by atoms with Crippen molar-refractivity contribution in [2.24, 2.45) is 5.73 Å². The van der Waals surface area contributed by atoms with Gasteiger partial charge in [-0.2, -0.15) is 9.36 Å². The summed E-state index contributed by atoms with van der Waals surface area (Å²) in [4.78, 5) is 15.5. The standard InChI is InChI=1S/C12H14N4O2S/c1-18-7-9(10(13)17)14-12-15-11(16-19-12)8-5-3-2-4-6-8/h2-6,9H,7H2,1H3,(H2,13,17)(H,14,15,16)/t9-/m0/s1. The highest BCUT2D eigenvalue weighted by Crippen LogP contribution is 2.21. The van der Waals surface area contributed by atoms with Crippen molar-refractivity contribution < 1.29 is 9.53 Å². The number of hydrogen-bond acceptors (Lipinski definition) is 6. The number of anilines is 1. The Morgan fingerprint density at radius 3 is 2.84 bits per heavy atom. The molecule has 100 valence electrons. The SMILES string of the molecule is COC[C@H](Nc1nc(-c2ccccc2)ns1)C(N)=O. The van der Waals surface area contributed by atoms with Crippen LogP contribution in [0.1, 0.15) is 0 Å². The molecule has 0 aliphatic heterocycles. The Morgan fingerprint density at radius 2 is 2.21 bits per heavy atom. The van der Waals surface area contributed by atoms with Gasteiger partial charge in [0.25, 0.3) is 0 Å². The topological polar surface area (TPSA) is 90.1 Å². The summed E-state index contributed by atoms with van der Waals surface area (Å²) in [5.41, 5.74) is 6.19. The minimum Gasteiger partial charge on any atom is -0.382 e. The Labute approximate surface area is 114 Å². The molecular formula is C12H14N4O2S. The Balaban J connectivity index is 2.11. The fourth-order valence-corrected chi connectivity index (χ4v) is 2.14. The molecule has 2 rings (SSSR count). The third-order valence-electron chi connectivity index (χ3n) is 2.43. The third-order valence-corrected chi connectivity index (χ3v) is 3.08. The first-order valence-corrected chi connectivity index (χ1v) is 6.42. The Kier molecular flexibility index (Phi) is 4.43. The van der Waals surface area contributed by atoms with Gasteiger partial charge in [0, 0.05) is 24.2 Å². The van der Waals surface area contributed by atoms with Crippen molar-refractivity contribution in [1.82, 2.24) is 9.36 Å². The second kappa shape index (κ2) is 6.26. The van der Waals surface area contributed by atoms with Gasteiger partial charge in [0.1, 0.15) is 6.04 Å². The van der Waals surface area contributed by atoms with Crippen molar-refractivity contribution >= 4 is 22.6 Å². The van der Waals surface area contributed by atoms with Gasteiger partial charge in [-0.25, -0.2) is 0 Å². The minimum atomic E-state index is -0.610. The molecule has 1 aromatic carbocycles. The number of benzene rings is 1. The smallest absolute Gasteiger partial charge is 0.242 e. The second-order valence-electron chi connectivity index (χ2n) is 3.84. The molecule has 0 spiro atoms. The lowest BCUT2D eigenvalue weighted by Gasteiger charge is -2.12. The van der Waals surface area contributed by atoms with E-state index in [9.17, 15) is 4.79 Å². The van der Waals surface area contributed by atoms with Crippen LogP contribution < -0.4 is 11.1 Å². The number of nitrogens with one attached hydrogen (secondary N) is 1. The number of nitrogens with zero attached hydrogens (tertiary/aromatic N) is 2. The summed E-state index contributed by atoms with van der Waals surface area (Å²) < 4.78 is 9.16. The van der Waals surface area contributed by atoms with E-state index in [1.54, 1.807) is 0 Å². The van der Waals surface area contributed by atoms with Crippen LogP contribution in [0.25, 0.3) is 11.4 Å². The summed E-state index contributed by atoms with van der Waals surface area (Å²) in [6.07, 6.45) is 0. The summed E-state index contributed by atoms with van der Waals surface area (Å²) in [5.74, 6) is 0.132. The Bertz CT molecular complexity index is 544. The van der Waals surface area contributed by atoms with Crippen LogP contribution in [0.2, 0.25) is 0 Å². The molecule has 0 saturated carbocycles. The van der Waals surface area contributed by atoms with Crippen molar-refractivity contribution in [1.29, 1.82) is 0 Å². The molecule has 19 heavy (non-hydrogen) atoms. The van der Waals surface area contributed by atoms with E-state index in [0.29, 0.717) is 11.0 Å². The molecule has 0 fully saturated rings. The summed E-state index contributed by atoms with van der Waals surface area (Å²) in [6.45, 7) is 0.190. The van der Waals surface area contributed by atoms with Crippen LogP contribution in [0, 0.1) is 0 Å². The highest BCUT2D eigenvalue weighted by molar-refractivity contribution is 7.09. The van der Waals surface area contributed by atoms with Crippen LogP contribution in [-0.2, 0) is 9.53 Å². The summed E-state index contributed by atoms with van der Waals surface area (Å²) >= 11 is 1.18. The van der Waals surface area contributed by atoms with Crippen LogP contribution in [0.15, 0.2) is 30.3 Å². The van der Waals surface area contributed by atoms with Crippen molar-refractivity contribution in [3.63, 3.8) is 0 Å². The van der Waals surface area contributed by atoms with E-state index in [2.05, 4.69) is 14.7 Å². The van der Waals surface area contributed by atoms with Gasteiger partial charge in [0.05, 0.1) is 6.61 Å². The predicted octanol–water partition coefficient (Wildman–Crippen LogP) is 1.12. The fraction of sp³-hybridized carbons (Fsp3) is 0.250. The zero-order valence-electron chi connectivity index (χ0n) is 10.4. The van der Waals surface area contributed by atoms with Gasteiger partial charge in [-0.15, -0.1) is 0 Å². The molecular weight excluding hydrogens is 264 g/mol. The molecule has 7 heteroatoms. The van der Waals surface area contributed by atoms with E-state index in [4.69, 9.17) is 10.5 Å². The van der Waals surface area contributed by atoms with Gasteiger partial charge in [0.15, 0.2) is 5.82 Å². The van der Waals surface area contributed by atoms with E-state index in [1.807, 2.05) is 30.3 Å². The highest BCUT2D eigenvalue weighted by Gasteiger charge is 2.17. The molecule has 1 amide bonds.